The van der Waals surface area contributed by atoms with Crippen molar-refractivity contribution in [1.82, 2.24) is 10.6 Å². The molecule has 1 saturated heterocycles. The Labute approximate surface area is 204 Å². The summed E-state index contributed by atoms with van der Waals surface area (Å²) in [5.41, 5.74) is -1.22. The molecular formula is C22H38N2O9S. The van der Waals surface area contributed by atoms with Crippen LogP contribution in [0.4, 0.5) is 0 Å². The van der Waals surface area contributed by atoms with E-state index in [-0.39, 0.29) is 61.8 Å². The van der Waals surface area contributed by atoms with Gasteiger partial charge in [0.05, 0.1) is 32.7 Å². The molecule has 0 radical (unpaired) electrons. The summed E-state index contributed by atoms with van der Waals surface area (Å²) in [6.07, 6.45) is -1.61. The van der Waals surface area contributed by atoms with Crippen LogP contribution in [0.2, 0.25) is 0 Å². The van der Waals surface area contributed by atoms with Crippen LogP contribution in [0.1, 0.15) is 53.4 Å². The molecule has 12 heteroatoms. The van der Waals surface area contributed by atoms with E-state index in [1.165, 1.54) is 0 Å². The van der Waals surface area contributed by atoms with Gasteiger partial charge in [0.25, 0.3) is 0 Å². The van der Waals surface area contributed by atoms with Gasteiger partial charge in [-0.15, -0.1) is 0 Å². The number of aliphatic carboxylic acids is 1. The van der Waals surface area contributed by atoms with E-state index in [0.29, 0.717) is 19.0 Å². The van der Waals surface area contributed by atoms with E-state index >= 15 is 0 Å². The molecule has 0 aromatic heterocycles. The monoisotopic (exact) mass is 506 g/mol. The Morgan fingerprint density at radius 1 is 1.06 bits per heavy atom. The van der Waals surface area contributed by atoms with Crippen LogP contribution in [-0.2, 0) is 28.7 Å². The van der Waals surface area contributed by atoms with E-state index in [9.17, 15) is 29.4 Å². The number of carbonyl (C=O) groups is 4. The van der Waals surface area contributed by atoms with Gasteiger partial charge in [-0.2, -0.15) is 0 Å². The maximum atomic E-state index is 12.4. The van der Waals surface area contributed by atoms with Crippen molar-refractivity contribution < 1.29 is 44.0 Å². The third kappa shape index (κ3) is 10.7. The Morgan fingerprint density at radius 2 is 1.68 bits per heavy atom. The summed E-state index contributed by atoms with van der Waals surface area (Å²) >= 11 is 0.995. The average Bonchev–Trinajstić information content (AvgIpc) is 2.76. The molecule has 0 unspecified atom stereocenters. The van der Waals surface area contributed by atoms with Gasteiger partial charge < -0.3 is 35.4 Å². The number of carboxylic acids is 1. The van der Waals surface area contributed by atoms with Crippen molar-refractivity contribution in [1.29, 1.82) is 0 Å². The van der Waals surface area contributed by atoms with Crippen LogP contribution >= 0.6 is 11.8 Å². The molecule has 0 aromatic rings. The topological polar surface area (TPSA) is 171 Å². The molecule has 0 saturated carbocycles. The van der Waals surface area contributed by atoms with Crippen LogP contribution in [0.3, 0.4) is 0 Å². The maximum absolute atomic E-state index is 12.4. The van der Waals surface area contributed by atoms with Crippen molar-refractivity contribution in [3.8, 4) is 0 Å². The van der Waals surface area contributed by atoms with Gasteiger partial charge in [0.15, 0.2) is 10.9 Å². The minimum absolute atomic E-state index is 0.00755. The fraction of sp³-hybridized carbons (Fsp3) is 0.818. The third-order valence-corrected chi connectivity index (χ3v) is 6.19. The Kier molecular flexibility index (Phi) is 11.9. The van der Waals surface area contributed by atoms with E-state index in [4.69, 9.17) is 14.6 Å². The van der Waals surface area contributed by atoms with E-state index in [0.717, 1.165) is 11.8 Å². The Hall–Kier alpha value is -1.73. The molecule has 0 bridgehead atoms. The average molecular weight is 507 g/mol. The number of ether oxygens (including phenoxy) is 2. The number of aliphatic hydroxyl groups excluding tert-OH is 2. The largest absolute Gasteiger partial charge is 0.481 e. The van der Waals surface area contributed by atoms with Crippen molar-refractivity contribution in [2.24, 2.45) is 10.8 Å². The predicted molar refractivity (Wildman–Crippen MR) is 125 cm³/mol. The van der Waals surface area contributed by atoms with Crippen molar-refractivity contribution >= 4 is 34.7 Å². The van der Waals surface area contributed by atoms with Gasteiger partial charge in [-0.1, -0.05) is 39.5 Å². The molecule has 1 rings (SSSR count). The van der Waals surface area contributed by atoms with Gasteiger partial charge >= 0.3 is 5.97 Å². The number of rotatable bonds is 14. The molecular weight excluding hydrogens is 468 g/mol. The fourth-order valence-electron chi connectivity index (χ4n) is 2.92. The normalized spacial score (nSPS) is 18.1. The number of nitrogens with one attached hydrogen (secondary N) is 2. The molecule has 34 heavy (non-hydrogen) atoms. The lowest BCUT2D eigenvalue weighted by Crippen LogP contribution is -2.48. The summed E-state index contributed by atoms with van der Waals surface area (Å²) in [4.78, 5) is 47.2. The fourth-order valence-corrected chi connectivity index (χ4v) is 3.67. The second-order valence-corrected chi connectivity index (χ2v) is 11.0. The van der Waals surface area contributed by atoms with Crippen LogP contribution in [-0.4, -0.2) is 88.8 Å². The van der Waals surface area contributed by atoms with Crippen LogP contribution in [0, 0.1) is 10.8 Å². The zero-order valence-corrected chi connectivity index (χ0v) is 21.2. The van der Waals surface area contributed by atoms with Crippen molar-refractivity contribution in [3.63, 3.8) is 0 Å². The second-order valence-electron chi connectivity index (χ2n) is 9.88. The standard InChI is InChI=1S/C22H38N2O9S/c1-20(2)13-32-22(33-14-20,7-5-16(27)28)11-17(29)34-10-9-23-15(26)6-8-24-19(31)18(30)21(3,4)12-25/h18,25,30H,5-14H2,1-4H3,(H,23,26)(H,24,31)(H,27,28)/t18-/m0/s1. The van der Waals surface area contributed by atoms with Gasteiger partial charge in [-0.25, -0.2) is 0 Å². The lowest BCUT2D eigenvalue weighted by molar-refractivity contribution is -0.300. The first-order valence-corrected chi connectivity index (χ1v) is 12.2. The summed E-state index contributed by atoms with van der Waals surface area (Å²) < 4.78 is 11.6. The van der Waals surface area contributed by atoms with Crippen LogP contribution in [0.15, 0.2) is 0 Å². The molecule has 0 aromatic carbocycles. The summed E-state index contributed by atoms with van der Waals surface area (Å²) in [5, 5.41) is 33.0. The summed E-state index contributed by atoms with van der Waals surface area (Å²) in [6.45, 7) is 7.58. The van der Waals surface area contributed by atoms with E-state index in [1.807, 2.05) is 13.8 Å². The highest BCUT2D eigenvalue weighted by Crippen LogP contribution is 2.36. The van der Waals surface area contributed by atoms with Crippen LogP contribution in [0.25, 0.3) is 0 Å². The van der Waals surface area contributed by atoms with Gasteiger partial charge in [0.1, 0.15) is 6.10 Å². The van der Waals surface area contributed by atoms with Gasteiger partial charge in [0, 0.05) is 42.5 Å². The second kappa shape index (κ2) is 13.4. The number of carbonyl (C=O) groups excluding carboxylic acids is 3. The van der Waals surface area contributed by atoms with Crippen molar-refractivity contribution in [3.05, 3.63) is 0 Å². The van der Waals surface area contributed by atoms with Crippen LogP contribution in [0.5, 0.6) is 0 Å². The molecule has 1 atom stereocenters. The minimum Gasteiger partial charge on any atom is -0.481 e. The zero-order chi connectivity index (χ0) is 26.0. The smallest absolute Gasteiger partial charge is 0.303 e. The minimum atomic E-state index is -1.40. The highest BCUT2D eigenvalue weighted by atomic mass is 32.2. The maximum Gasteiger partial charge on any atom is 0.303 e. The predicted octanol–water partition coefficient (Wildman–Crippen LogP) is 0.272. The zero-order valence-electron chi connectivity index (χ0n) is 20.3. The van der Waals surface area contributed by atoms with Crippen molar-refractivity contribution in [2.75, 3.05) is 38.7 Å². The summed E-state index contributed by atoms with van der Waals surface area (Å²) in [6, 6.07) is 0. The Balaban J connectivity index is 2.34. The quantitative estimate of drug-likeness (QED) is 0.206. The highest BCUT2D eigenvalue weighted by Gasteiger charge is 2.42. The number of carboxylic acid groups (broad SMARTS) is 1. The molecule has 5 N–H and O–H groups in total. The number of amides is 2. The van der Waals surface area contributed by atoms with E-state index < -0.39 is 29.2 Å². The highest BCUT2D eigenvalue weighted by molar-refractivity contribution is 8.13. The number of aliphatic hydroxyl groups is 2. The van der Waals surface area contributed by atoms with E-state index in [1.54, 1.807) is 13.8 Å². The lowest BCUT2D eigenvalue weighted by atomic mass is 9.87. The van der Waals surface area contributed by atoms with E-state index in [2.05, 4.69) is 10.6 Å². The Bertz CT molecular complexity index is 717. The van der Waals surface area contributed by atoms with Crippen molar-refractivity contribution in [2.45, 2.75) is 65.3 Å². The molecule has 196 valence electrons. The lowest BCUT2D eigenvalue weighted by Gasteiger charge is -2.43. The molecule has 1 aliphatic rings. The number of hydrogen-bond acceptors (Lipinski definition) is 9. The summed E-state index contributed by atoms with van der Waals surface area (Å²) in [5.74, 6) is -2.94. The number of hydrogen-bond donors (Lipinski definition) is 5. The molecule has 1 aliphatic heterocycles. The molecule has 0 spiro atoms. The first-order chi connectivity index (χ1) is 15.7. The summed E-state index contributed by atoms with van der Waals surface area (Å²) in [7, 11) is 0. The molecule has 0 aliphatic carbocycles. The van der Waals surface area contributed by atoms with Crippen LogP contribution < -0.4 is 10.6 Å². The van der Waals surface area contributed by atoms with Gasteiger partial charge in [-0.3, -0.25) is 19.2 Å². The molecule has 2 amide bonds. The Morgan fingerprint density at radius 3 is 2.24 bits per heavy atom. The molecule has 11 nitrogen and oxygen atoms in total. The first kappa shape index (κ1) is 30.3. The first-order valence-electron chi connectivity index (χ1n) is 11.2. The SMILES string of the molecule is CC1(C)COC(CCC(=O)O)(CC(=O)SCCNC(=O)CCNC(=O)[C@H](O)C(C)(C)CO)OC1. The third-order valence-electron chi connectivity index (χ3n) is 5.32. The van der Waals surface area contributed by atoms with Gasteiger partial charge in [0.2, 0.25) is 11.8 Å². The number of thioether (sulfide) groups is 1. The van der Waals surface area contributed by atoms with Gasteiger partial charge in [-0.05, 0) is 0 Å². The molecule has 1 fully saturated rings. The molecule has 1 heterocycles.